The summed E-state index contributed by atoms with van der Waals surface area (Å²) in [5, 5.41) is 0.503. The lowest BCUT2D eigenvalue weighted by atomic mass is 9.96. The van der Waals surface area contributed by atoms with Crippen molar-refractivity contribution >= 4 is 33.2 Å². The number of fused-ring (bicyclic) bond motifs is 1. The lowest BCUT2D eigenvalue weighted by molar-refractivity contribution is -0.123. The summed E-state index contributed by atoms with van der Waals surface area (Å²) in [5.41, 5.74) is 2.20. The van der Waals surface area contributed by atoms with E-state index in [-0.39, 0.29) is 22.8 Å². The van der Waals surface area contributed by atoms with Crippen molar-refractivity contribution in [2.24, 2.45) is 5.92 Å². The number of carbonyl (C=O) groups is 1. The minimum absolute atomic E-state index is 0.112. The maximum atomic E-state index is 13.2. The molecule has 1 fully saturated rings. The minimum Gasteiger partial charge on any atom is -0.309 e. The van der Waals surface area contributed by atoms with Crippen molar-refractivity contribution in [1.82, 2.24) is 4.31 Å². The van der Waals surface area contributed by atoms with Crippen LogP contribution in [0.25, 0.3) is 0 Å². The first kappa shape index (κ1) is 19.4. The zero-order chi connectivity index (χ0) is 19.9. The number of anilines is 1. The molecule has 28 heavy (non-hydrogen) atoms. The van der Waals surface area contributed by atoms with Crippen LogP contribution in [0.15, 0.2) is 53.4 Å². The van der Waals surface area contributed by atoms with Crippen LogP contribution in [0.5, 0.6) is 0 Å². The number of piperidine rings is 1. The molecule has 2 aromatic carbocycles. The molecular weight excluding hydrogens is 396 g/mol. The molecule has 5 nitrogen and oxygen atoms in total. The maximum Gasteiger partial charge on any atom is 0.243 e. The lowest BCUT2D eigenvalue weighted by Crippen LogP contribution is -2.46. The summed E-state index contributed by atoms with van der Waals surface area (Å²) in [7, 11) is -3.56. The molecule has 0 N–H and O–H groups in total. The van der Waals surface area contributed by atoms with E-state index in [0.717, 1.165) is 12.1 Å². The van der Waals surface area contributed by atoms with Crippen molar-refractivity contribution in [3.8, 4) is 0 Å². The van der Waals surface area contributed by atoms with Crippen LogP contribution >= 0.6 is 11.6 Å². The van der Waals surface area contributed by atoms with E-state index in [1.165, 1.54) is 22.0 Å². The molecule has 0 spiro atoms. The van der Waals surface area contributed by atoms with E-state index >= 15 is 0 Å². The van der Waals surface area contributed by atoms with Crippen LogP contribution in [0.3, 0.4) is 0 Å². The molecule has 1 unspecified atom stereocenters. The van der Waals surface area contributed by atoms with Gasteiger partial charge in [-0.1, -0.05) is 29.8 Å². The van der Waals surface area contributed by atoms with Crippen LogP contribution in [-0.2, 0) is 21.2 Å². The number of sulfonamides is 1. The molecule has 0 aromatic heterocycles. The Morgan fingerprint density at radius 3 is 2.36 bits per heavy atom. The molecule has 1 amide bonds. The molecule has 148 valence electrons. The molecule has 0 bridgehead atoms. The molecule has 2 aromatic rings. The maximum absolute atomic E-state index is 13.2. The van der Waals surface area contributed by atoms with Gasteiger partial charge in [-0.15, -0.1) is 0 Å². The smallest absolute Gasteiger partial charge is 0.243 e. The van der Waals surface area contributed by atoms with Crippen LogP contribution in [0.1, 0.15) is 25.3 Å². The van der Waals surface area contributed by atoms with Crippen LogP contribution in [0.4, 0.5) is 5.69 Å². The van der Waals surface area contributed by atoms with Crippen LogP contribution in [0.2, 0.25) is 5.02 Å². The number of hydrogen-bond donors (Lipinski definition) is 0. The predicted octanol–water partition coefficient (Wildman–Crippen LogP) is 3.72. The Morgan fingerprint density at radius 1 is 1.04 bits per heavy atom. The fraction of sp³-hybridized carbons (Fsp3) is 0.381. The average molecular weight is 419 g/mol. The summed E-state index contributed by atoms with van der Waals surface area (Å²) < 4.78 is 27.1. The average Bonchev–Trinajstić information content (AvgIpc) is 3.03. The van der Waals surface area contributed by atoms with Crippen molar-refractivity contribution in [2.75, 3.05) is 18.0 Å². The van der Waals surface area contributed by atoms with Gasteiger partial charge in [-0.2, -0.15) is 4.31 Å². The summed E-state index contributed by atoms with van der Waals surface area (Å²) in [4.78, 5) is 15.3. The third-order valence-electron chi connectivity index (χ3n) is 5.70. The van der Waals surface area contributed by atoms with Gasteiger partial charge in [0, 0.05) is 35.8 Å². The molecule has 2 heterocycles. The number of benzene rings is 2. The Morgan fingerprint density at radius 2 is 1.68 bits per heavy atom. The minimum atomic E-state index is -3.56. The van der Waals surface area contributed by atoms with Crippen LogP contribution < -0.4 is 4.90 Å². The van der Waals surface area contributed by atoms with Crippen molar-refractivity contribution in [2.45, 2.75) is 37.1 Å². The number of carbonyl (C=O) groups excluding carboxylic acids is 1. The third-order valence-corrected chi connectivity index (χ3v) is 7.86. The molecule has 1 saturated heterocycles. The molecule has 4 rings (SSSR count). The van der Waals surface area contributed by atoms with E-state index in [4.69, 9.17) is 11.6 Å². The molecule has 1 atom stereocenters. The monoisotopic (exact) mass is 418 g/mol. The zero-order valence-electron chi connectivity index (χ0n) is 15.7. The second-order valence-corrected chi connectivity index (χ2v) is 9.90. The summed E-state index contributed by atoms with van der Waals surface area (Å²) in [6, 6.07) is 14.4. The topological polar surface area (TPSA) is 57.7 Å². The zero-order valence-corrected chi connectivity index (χ0v) is 17.3. The first-order chi connectivity index (χ1) is 13.4. The van der Waals surface area contributed by atoms with Gasteiger partial charge < -0.3 is 4.90 Å². The van der Waals surface area contributed by atoms with Gasteiger partial charge in [0.15, 0.2) is 0 Å². The van der Waals surface area contributed by atoms with E-state index in [9.17, 15) is 13.2 Å². The first-order valence-corrected chi connectivity index (χ1v) is 11.4. The highest BCUT2D eigenvalue weighted by Gasteiger charge is 2.38. The molecule has 2 aliphatic heterocycles. The van der Waals surface area contributed by atoms with E-state index < -0.39 is 10.0 Å². The van der Waals surface area contributed by atoms with Crippen molar-refractivity contribution in [3.05, 3.63) is 59.1 Å². The Hall–Kier alpha value is -1.89. The number of amides is 1. The number of nitrogens with zero attached hydrogens (tertiary/aromatic N) is 2. The van der Waals surface area contributed by atoms with E-state index in [0.29, 0.717) is 31.0 Å². The van der Waals surface area contributed by atoms with Gasteiger partial charge in [0.1, 0.15) is 0 Å². The van der Waals surface area contributed by atoms with E-state index in [2.05, 4.69) is 13.0 Å². The number of hydrogen-bond acceptors (Lipinski definition) is 3. The van der Waals surface area contributed by atoms with E-state index in [1.807, 2.05) is 23.1 Å². The van der Waals surface area contributed by atoms with Crippen LogP contribution in [-0.4, -0.2) is 37.8 Å². The van der Waals surface area contributed by atoms with Gasteiger partial charge in [-0.3, -0.25) is 4.79 Å². The van der Waals surface area contributed by atoms with Gasteiger partial charge >= 0.3 is 0 Å². The normalized spacial score (nSPS) is 20.9. The largest absolute Gasteiger partial charge is 0.309 e. The number of para-hydroxylation sites is 1. The lowest BCUT2D eigenvalue weighted by Gasteiger charge is -2.34. The van der Waals surface area contributed by atoms with Gasteiger partial charge in [-0.05, 0) is 62.1 Å². The van der Waals surface area contributed by atoms with E-state index in [1.54, 1.807) is 12.1 Å². The Balaban J connectivity index is 1.46. The van der Waals surface area contributed by atoms with Gasteiger partial charge in [-0.25, -0.2) is 8.42 Å². The molecular formula is C21H23ClN2O3S. The number of rotatable bonds is 3. The second-order valence-electron chi connectivity index (χ2n) is 7.52. The third kappa shape index (κ3) is 3.45. The molecule has 0 aliphatic carbocycles. The fourth-order valence-electron chi connectivity index (χ4n) is 4.20. The quantitative estimate of drug-likeness (QED) is 0.763. The predicted molar refractivity (Wildman–Crippen MR) is 110 cm³/mol. The summed E-state index contributed by atoms with van der Waals surface area (Å²) in [5.74, 6) is -0.0359. The van der Waals surface area contributed by atoms with Crippen molar-refractivity contribution in [3.63, 3.8) is 0 Å². The van der Waals surface area contributed by atoms with Crippen molar-refractivity contribution < 1.29 is 13.2 Å². The van der Waals surface area contributed by atoms with Gasteiger partial charge in [0.25, 0.3) is 0 Å². The Labute approximate surface area is 171 Å². The number of halogens is 1. The fourth-order valence-corrected chi connectivity index (χ4v) is 5.79. The second kappa shape index (κ2) is 7.50. The summed E-state index contributed by atoms with van der Waals surface area (Å²) >= 11 is 5.86. The highest BCUT2D eigenvalue weighted by atomic mass is 35.5. The van der Waals surface area contributed by atoms with Crippen LogP contribution in [0, 0.1) is 5.92 Å². The SMILES string of the molecule is CC1Cc2ccccc2N1C(=O)C1CCN(S(=O)(=O)c2ccc(Cl)cc2)CC1. The highest BCUT2D eigenvalue weighted by Crippen LogP contribution is 2.35. The highest BCUT2D eigenvalue weighted by molar-refractivity contribution is 7.89. The van der Waals surface area contributed by atoms with Crippen molar-refractivity contribution in [1.29, 1.82) is 0 Å². The van der Waals surface area contributed by atoms with Gasteiger partial charge in [0.05, 0.1) is 4.90 Å². The summed E-state index contributed by atoms with van der Waals surface area (Å²) in [6.45, 7) is 2.77. The molecule has 0 saturated carbocycles. The first-order valence-electron chi connectivity index (χ1n) is 9.54. The molecule has 7 heteroatoms. The molecule has 2 aliphatic rings. The van der Waals surface area contributed by atoms with Gasteiger partial charge in [0.2, 0.25) is 15.9 Å². The summed E-state index contributed by atoms with van der Waals surface area (Å²) in [6.07, 6.45) is 1.94. The molecule has 0 radical (unpaired) electrons. The Kier molecular flexibility index (Phi) is 5.21. The standard InChI is InChI=1S/C21H23ClN2O3S/c1-15-14-17-4-2-3-5-20(17)24(15)21(25)16-10-12-23(13-11-16)28(26,27)19-8-6-18(22)7-9-19/h2-9,15-16H,10-14H2,1H3. The Bertz CT molecular complexity index is 983.